The van der Waals surface area contributed by atoms with Crippen LogP contribution in [0.1, 0.15) is 46.1 Å². The van der Waals surface area contributed by atoms with E-state index < -0.39 is 17.9 Å². The second-order valence-electron chi connectivity index (χ2n) is 9.44. The molecule has 0 saturated heterocycles. The maximum absolute atomic E-state index is 13.7. The number of carboxylic acids is 1. The topological polar surface area (TPSA) is 77.9 Å². The molecule has 1 aliphatic rings. The van der Waals surface area contributed by atoms with Gasteiger partial charge in [0.05, 0.1) is 29.9 Å². The summed E-state index contributed by atoms with van der Waals surface area (Å²) in [5.74, 6) is -0.327. The highest BCUT2D eigenvalue weighted by atomic mass is 35.5. The lowest BCUT2D eigenvalue weighted by atomic mass is 10.1. The number of fused-ring (bicyclic) bond motifs is 1. The molecule has 4 aromatic rings. The first-order valence-electron chi connectivity index (χ1n) is 12.6. The molecule has 1 heterocycles. The average Bonchev–Trinajstić information content (AvgIpc) is 3.77. The summed E-state index contributed by atoms with van der Waals surface area (Å²) in [6.07, 6.45) is 5.72. The van der Waals surface area contributed by atoms with Crippen LogP contribution in [0.25, 0.3) is 23.1 Å². The number of carbonyl (C=O) groups is 1. The summed E-state index contributed by atoms with van der Waals surface area (Å²) in [5, 5.41) is 10.3. The number of methoxy groups -OCH3 is 1. The second kappa shape index (κ2) is 11.8. The van der Waals surface area contributed by atoms with Gasteiger partial charge in [0.1, 0.15) is 35.6 Å². The summed E-state index contributed by atoms with van der Waals surface area (Å²) in [7, 11) is 1.48. The van der Waals surface area contributed by atoms with E-state index in [9.17, 15) is 14.3 Å². The number of carboxylic acid groups (broad SMARTS) is 1. The number of hydrogen-bond acceptors (Lipinski definition) is 5. The van der Waals surface area contributed by atoms with Crippen LogP contribution in [-0.4, -0.2) is 36.4 Å². The van der Waals surface area contributed by atoms with Crippen LogP contribution in [0.3, 0.4) is 0 Å². The number of hydrogen-bond donors (Lipinski definition) is 1. The quantitative estimate of drug-likeness (QED) is 0.210. The minimum Gasteiger partial charge on any atom is -0.497 e. The van der Waals surface area contributed by atoms with E-state index >= 15 is 0 Å². The first-order chi connectivity index (χ1) is 18.9. The predicted molar refractivity (Wildman–Crippen MR) is 149 cm³/mol. The number of rotatable bonds is 11. The van der Waals surface area contributed by atoms with Crippen molar-refractivity contribution in [3.05, 3.63) is 100.0 Å². The van der Waals surface area contributed by atoms with Gasteiger partial charge in [-0.2, -0.15) is 0 Å². The molecule has 1 aliphatic carbocycles. The van der Waals surface area contributed by atoms with Crippen LogP contribution in [0.2, 0.25) is 5.02 Å². The fourth-order valence-electron chi connectivity index (χ4n) is 4.14. The Balaban J connectivity index is 1.35. The lowest BCUT2D eigenvalue weighted by Crippen LogP contribution is -2.16. The summed E-state index contributed by atoms with van der Waals surface area (Å²) in [6, 6.07) is 19.1. The van der Waals surface area contributed by atoms with Gasteiger partial charge in [0.15, 0.2) is 0 Å². The third-order valence-corrected chi connectivity index (χ3v) is 6.81. The molecule has 39 heavy (non-hydrogen) atoms. The molecule has 3 aromatic carbocycles. The van der Waals surface area contributed by atoms with Crippen LogP contribution >= 0.6 is 11.6 Å². The average molecular weight is 548 g/mol. The number of benzene rings is 3. The third-order valence-electron chi connectivity index (χ3n) is 6.52. The highest BCUT2D eigenvalue weighted by molar-refractivity contribution is 6.31. The third kappa shape index (κ3) is 6.74. The SMILES string of the molecule is COc1ccc(OC[C@H](OCC2CC2)c2cccc(/C=C\c3ccc4cc(F)c(Cl)cc4n3)c2)c(C(=O)O)c1. The van der Waals surface area contributed by atoms with Gasteiger partial charge in [-0.15, -0.1) is 0 Å². The number of pyridine rings is 1. The molecule has 0 aliphatic heterocycles. The Bertz CT molecular complexity index is 1540. The van der Waals surface area contributed by atoms with E-state index in [0.717, 1.165) is 24.0 Å². The van der Waals surface area contributed by atoms with Crippen LogP contribution in [0.4, 0.5) is 4.39 Å². The molecule has 6 nitrogen and oxygen atoms in total. The van der Waals surface area contributed by atoms with Crippen LogP contribution in [-0.2, 0) is 4.74 Å². The first-order valence-corrected chi connectivity index (χ1v) is 13.0. The van der Waals surface area contributed by atoms with Crippen LogP contribution in [0.15, 0.2) is 66.7 Å². The molecule has 0 radical (unpaired) electrons. The van der Waals surface area contributed by atoms with E-state index in [0.29, 0.717) is 34.9 Å². The van der Waals surface area contributed by atoms with Crippen molar-refractivity contribution < 1.29 is 28.5 Å². The molecule has 0 amide bonds. The minimum atomic E-state index is -1.10. The molecule has 1 N–H and O–H groups in total. The number of aromatic nitrogens is 1. The van der Waals surface area contributed by atoms with E-state index in [1.165, 1.54) is 25.3 Å². The zero-order valence-electron chi connectivity index (χ0n) is 21.3. The standard InChI is InChI=1S/C31H27ClFNO5/c1-37-24-11-12-29(25(15-24)31(35)36)39-18-30(38-17-20-5-6-20)22-4-2-3-19(13-22)7-9-23-10-8-21-14-27(33)26(32)16-28(21)34-23/h2-4,7-16,20,30H,5-6,17-18H2,1H3,(H,35,36)/b9-7-/t30-/m0/s1. The van der Waals surface area contributed by atoms with Gasteiger partial charge >= 0.3 is 5.97 Å². The number of ether oxygens (including phenoxy) is 3. The number of nitrogens with zero attached hydrogens (tertiary/aromatic N) is 1. The van der Waals surface area contributed by atoms with Crippen molar-refractivity contribution in [3.63, 3.8) is 0 Å². The molecule has 8 heteroatoms. The van der Waals surface area contributed by atoms with Crippen molar-refractivity contribution in [1.29, 1.82) is 0 Å². The minimum absolute atomic E-state index is 0.0267. The highest BCUT2D eigenvalue weighted by Gasteiger charge is 2.25. The monoisotopic (exact) mass is 547 g/mol. The lowest BCUT2D eigenvalue weighted by Gasteiger charge is -2.20. The van der Waals surface area contributed by atoms with Gasteiger partial charge in [-0.3, -0.25) is 0 Å². The second-order valence-corrected chi connectivity index (χ2v) is 9.85. The van der Waals surface area contributed by atoms with Crippen LogP contribution < -0.4 is 9.47 Å². The fourth-order valence-corrected chi connectivity index (χ4v) is 4.30. The Morgan fingerprint density at radius 1 is 1.13 bits per heavy atom. The maximum atomic E-state index is 13.7. The van der Waals surface area contributed by atoms with E-state index in [1.54, 1.807) is 12.1 Å². The smallest absolute Gasteiger partial charge is 0.339 e. The summed E-state index contributed by atoms with van der Waals surface area (Å²) >= 11 is 5.92. The summed E-state index contributed by atoms with van der Waals surface area (Å²) in [6.45, 7) is 0.767. The van der Waals surface area contributed by atoms with Crippen molar-refractivity contribution >= 4 is 40.6 Å². The number of halogens is 2. The Morgan fingerprint density at radius 3 is 2.74 bits per heavy atom. The zero-order chi connectivity index (χ0) is 27.4. The molecular formula is C31H27ClFNO5. The van der Waals surface area contributed by atoms with Crippen LogP contribution in [0.5, 0.6) is 11.5 Å². The van der Waals surface area contributed by atoms with Gasteiger partial charge in [0.25, 0.3) is 0 Å². The van der Waals surface area contributed by atoms with Gasteiger partial charge in [-0.05, 0) is 78.4 Å². The Kier molecular flexibility index (Phi) is 8.10. The Hall–Kier alpha value is -3.94. The van der Waals surface area contributed by atoms with E-state index in [1.807, 2.05) is 48.6 Å². The lowest BCUT2D eigenvalue weighted by molar-refractivity contribution is 0.0128. The zero-order valence-corrected chi connectivity index (χ0v) is 22.0. The normalized spacial score (nSPS) is 14.0. The van der Waals surface area contributed by atoms with Crippen LogP contribution in [0, 0.1) is 11.7 Å². The molecular weight excluding hydrogens is 521 g/mol. The number of aromatic carboxylic acids is 1. The van der Waals surface area contributed by atoms with Gasteiger partial charge in [0, 0.05) is 5.39 Å². The largest absolute Gasteiger partial charge is 0.497 e. The molecule has 0 spiro atoms. The van der Waals surface area contributed by atoms with Gasteiger partial charge < -0.3 is 19.3 Å². The molecule has 1 fully saturated rings. The van der Waals surface area contributed by atoms with E-state index in [4.69, 9.17) is 25.8 Å². The first kappa shape index (κ1) is 26.7. The molecule has 0 unspecified atom stereocenters. The molecule has 5 rings (SSSR count). The predicted octanol–water partition coefficient (Wildman–Crippen LogP) is 7.45. The van der Waals surface area contributed by atoms with Crippen molar-refractivity contribution in [2.75, 3.05) is 20.3 Å². The molecule has 1 saturated carbocycles. The summed E-state index contributed by atoms with van der Waals surface area (Å²) < 4.78 is 31.1. The van der Waals surface area contributed by atoms with Crippen molar-refractivity contribution in [2.24, 2.45) is 5.92 Å². The summed E-state index contributed by atoms with van der Waals surface area (Å²) in [5.41, 5.74) is 3.20. The van der Waals surface area contributed by atoms with Crippen molar-refractivity contribution in [3.8, 4) is 11.5 Å². The van der Waals surface area contributed by atoms with E-state index in [-0.39, 0.29) is 22.9 Å². The maximum Gasteiger partial charge on any atom is 0.339 e. The molecule has 0 bridgehead atoms. The van der Waals surface area contributed by atoms with Gasteiger partial charge in [-0.1, -0.05) is 41.9 Å². The van der Waals surface area contributed by atoms with Crippen molar-refractivity contribution in [1.82, 2.24) is 4.98 Å². The molecule has 1 atom stereocenters. The molecule has 200 valence electrons. The fraction of sp³-hybridized carbons (Fsp3) is 0.226. The van der Waals surface area contributed by atoms with Crippen molar-refractivity contribution in [2.45, 2.75) is 18.9 Å². The summed E-state index contributed by atoms with van der Waals surface area (Å²) in [4.78, 5) is 16.3. The highest BCUT2D eigenvalue weighted by Crippen LogP contribution is 2.32. The molecule has 1 aromatic heterocycles. The Morgan fingerprint density at radius 2 is 1.97 bits per heavy atom. The van der Waals surface area contributed by atoms with Gasteiger partial charge in [0.2, 0.25) is 0 Å². The van der Waals surface area contributed by atoms with E-state index in [2.05, 4.69) is 4.98 Å². The van der Waals surface area contributed by atoms with Gasteiger partial charge in [-0.25, -0.2) is 14.2 Å². The Labute approximate surface area is 230 Å².